The molecule has 0 radical (unpaired) electrons. The van der Waals surface area contributed by atoms with Crippen molar-refractivity contribution >= 4 is 11.8 Å². The zero-order valence-electron chi connectivity index (χ0n) is 14.8. The predicted octanol–water partition coefficient (Wildman–Crippen LogP) is 3.22. The molecule has 2 amide bonds. The molecule has 0 unspecified atom stereocenters. The number of carbonyl (C=O) groups excluding carboxylic acids is 2. The molecule has 0 saturated carbocycles. The van der Waals surface area contributed by atoms with Crippen molar-refractivity contribution in [2.24, 2.45) is 0 Å². The van der Waals surface area contributed by atoms with Crippen LogP contribution >= 0.6 is 0 Å². The van der Waals surface area contributed by atoms with Crippen LogP contribution in [0.4, 0.5) is 8.78 Å². The molecule has 0 atom stereocenters. The standard InChI is InChI=1S/C21H17F2N3O2/c22-17-6-1-14(2-7-17)11-25-20(27)16-5-10-19(24-13-16)21(28)26-12-15-3-8-18(23)9-4-15/h1-10,13H,11-12H2,(H,25,27)(H,26,28). The molecular formula is C21H17F2N3O2. The molecule has 0 aliphatic heterocycles. The molecule has 5 nitrogen and oxygen atoms in total. The van der Waals surface area contributed by atoms with E-state index in [1.807, 2.05) is 0 Å². The topological polar surface area (TPSA) is 71.1 Å². The number of pyridine rings is 1. The van der Waals surface area contributed by atoms with E-state index < -0.39 is 5.91 Å². The van der Waals surface area contributed by atoms with Gasteiger partial charge in [-0.15, -0.1) is 0 Å². The van der Waals surface area contributed by atoms with Crippen LogP contribution in [0.1, 0.15) is 32.0 Å². The molecule has 0 bridgehead atoms. The summed E-state index contributed by atoms with van der Waals surface area (Å²) in [6, 6.07) is 14.6. The van der Waals surface area contributed by atoms with Crippen molar-refractivity contribution in [3.8, 4) is 0 Å². The number of halogens is 2. The van der Waals surface area contributed by atoms with E-state index in [0.29, 0.717) is 5.56 Å². The molecule has 3 rings (SSSR count). The van der Waals surface area contributed by atoms with Gasteiger partial charge in [0.1, 0.15) is 17.3 Å². The van der Waals surface area contributed by atoms with Crippen LogP contribution in [0.15, 0.2) is 66.9 Å². The molecule has 0 spiro atoms. The molecule has 28 heavy (non-hydrogen) atoms. The van der Waals surface area contributed by atoms with Crippen molar-refractivity contribution in [3.63, 3.8) is 0 Å². The van der Waals surface area contributed by atoms with Crippen LogP contribution in [-0.4, -0.2) is 16.8 Å². The highest BCUT2D eigenvalue weighted by atomic mass is 19.1. The summed E-state index contributed by atoms with van der Waals surface area (Å²) in [5.41, 5.74) is 1.99. The van der Waals surface area contributed by atoms with Gasteiger partial charge in [-0.05, 0) is 47.5 Å². The second-order valence-electron chi connectivity index (χ2n) is 6.05. The molecule has 0 saturated heterocycles. The van der Waals surface area contributed by atoms with E-state index in [-0.39, 0.29) is 36.3 Å². The molecule has 7 heteroatoms. The second kappa shape index (κ2) is 8.85. The van der Waals surface area contributed by atoms with E-state index in [4.69, 9.17) is 0 Å². The van der Waals surface area contributed by atoms with Gasteiger partial charge in [0, 0.05) is 19.3 Å². The Bertz CT molecular complexity index is 876. The number of nitrogens with one attached hydrogen (secondary N) is 2. The normalized spacial score (nSPS) is 10.4. The largest absolute Gasteiger partial charge is 0.348 e. The van der Waals surface area contributed by atoms with Crippen LogP contribution < -0.4 is 10.6 Å². The number of amides is 2. The van der Waals surface area contributed by atoms with Crippen molar-refractivity contribution in [2.75, 3.05) is 0 Å². The van der Waals surface area contributed by atoms with Crippen molar-refractivity contribution in [1.29, 1.82) is 0 Å². The van der Waals surface area contributed by atoms with E-state index >= 15 is 0 Å². The maximum atomic E-state index is 12.9. The molecule has 2 N–H and O–H groups in total. The number of nitrogens with zero attached hydrogens (tertiary/aromatic N) is 1. The van der Waals surface area contributed by atoms with Gasteiger partial charge < -0.3 is 10.6 Å². The lowest BCUT2D eigenvalue weighted by molar-refractivity contribution is 0.0935. The number of benzene rings is 2. The van der Waals surface area contributed by atoms with Crippen molar-refractivity contribution in [3.05, 3.63) is 101 Å². The number of rotatable bonds is 6. The Morgan fingerprint density at radius 3 is 1.68 bits per heavy atom. The molecule has 0 aliphatic rings. The van der Waals surface area contributed by atoms with Gasteiger partial charge in [0.25, 0.3) is 11.8 Å². The summed E-state index contributed by atoms with van der Waals surface area (Å²) in [4.78, 5) is 28.3. The zero-order chi connectivity index (χ0) is 19.9. The van der Waals surface area contributed by atoms with Gasteiger partial charge in [-0.3, -0.25) is 14.6 Å². The average molecular weight is 381 g/mol. The number of hydrogen-bond acceptors (Lipinski definition) is 3. The van der Waals surface area contributed by atoms with Gasteiger partial charge in [0.2, 0.25) is 0 Å². The smallest absolute Gasteiger partial charge is 0.270 e. The first-order valence-corrected chi connectivity index (χ1v) is 8.52. The third-order valence-electron chi connectivity index (χ3n) is 3.99. The predicted molar refractivity (Wildman–Crippen MR) is 99.4 cm³/mol. The first kappa shape index (κ1) is 19.2. The SMILES string of the molecule is O=C(NCc1ccc(F)cc1)c1ccc(C(=O)NCc2ccc(F)cc2)nc1. The summed E-state index contributed by atoms with van der Waals surface area (Å²) < 4.78 is 25.8. The minimum Gasteiger partial charge on any atom is -0.348 e. The Morgan fingerprint density at radius 2 is 1.21 bits per heavy atom. The lowest BCUT2D eigenvalue weighted by Crippen LogP contribution is -2.25. The molecular weight excluding hydrogens is 364 g/mol. The van der Waals surface area contributed by atoms with Gasteiger partial charge in [-0.25, -0.2) is 8.78 Å². The van der Waals surface area contributed by atoms with Gasteiger partial charge in [-0.2, -0.15) is 0 Å². The Labute approximate surface area is 160 Å². The van der Waals surface area contributed by atoms with Gasteiger partial charge in [0.05, 0.1) is 5.56 Å². The fourth-order valence-electron chi connectivity index (χ4n) is 2.42. The summed E-state index contributed by atoms with van der Waals surface area (Å²) >= 11 is 0. The number of hydrogen-bond donors (Lipinski definition) is 2. The first-order valence-electron chi connectivity index (χ1n) is 8.52. The van der Waals surface area contributed by atoms with Crippen LogP contribution in [0.3, 0.4) is 0 Å². The van der Waals surface area contributed by atoms with Crippen molar-refractivity contribution < 1.29 is 18.4 Å². The van der Waals surface area contributed by atoms with E-state index in [0.717, 1.165) is 11.1 Å². The van der Waals surface area contributed by atoms with Gasteiger partial charge in [-0.1, -0.05) is 24.3 Å². The molecule has 0 fully saturated rings. The van der Waals surface area contributed by atoms with Crippen LogP contribution in [0.2, 0.25) is 0 Å². The van der Waals surface area contributed by atoms with Gasteiger partial charge in [0.15, 0.2) is 0 Å². The summed E-state index contributed by atoms with van der Waals surface area (Å²) in [6.45, 7) is 0.486. The van der Waals surface area contributed by atoms with Crippen LogP contribution in [0.25, 0.3) is 0 Å². The highest BCUT2D eigenvalue weighted by molar-refractivity contribution is 5.96. The Hall–Kier alpha value is -3.61. The Balaban J connectivity index is 1.53. The van der Waals surface area contributed by atoms with E-state index in [1.54, 1.807) is 24.3 Å². The lowest BCUT2D eigenvalue weighted by Gasteiger charge is -2.07. The second-order valence-corrected chi connectivity index (χ2v) is 6.05. The van der Waals surface area contributed by atoms with Gasteiger partial charge >= 0.3 is 0 Å². The molecule has 1 heterocycles. The van der Waals surface area contributed by atoms with E-state index in [9.17, 15) is 18.4 Å². The average Bonchev–Trinajstić information content (AvgIpc) is 2.72. The van der Waals surface area contributed by atoms with Crippen molar-refractivity contribution in [2.45, 2.75) is 13.1 Å². The Morgan fingerprint density at radius 1 is 0.714 bits per heavy atom. The fraction of sp³-hybridized carbons (Fsp3) is 0.0952. The Kier molecular flexibility index (Phi) is 6.06. The quantitative estimate of drug-likeness (QED) is 0.689. The summed E-state index contributed by atoms with van der Waals surface area (Å²) in [5.74, 6) is -1.43. The third kappa shape index (κ3) is 5.20. The lowest BCUT2D eigenvalue weighted by atomic mass is 10.2. The fourth-order valence-corrected chi connectivity index (χ4v) is 2.42. The maximum Gasteiger partial charge on any atom is 0.270 e. The minimum absolute atomic E-state index is 0.164. The van der Waals surface area contributed by atoms with Crippen LogP contribution in [0.5, 0.6) is 0 Å². The van der Waals surface area contributed by atoms with E-state index in [2.05, 4.69) is 15.6 Å². The zero-order valence-corrected chi connectivity index (χ0v) is 14.8. The highest BCUT2D eigenvalue weighted by Gasteiger charge is 2.10. The number of carbonyl (C=O) groups is 2. The first-order chi connectivity index (χ1) is 13.5. The summed E-state index contributed by atoms with van der Waals surface area (Å²) in [7, 11) is 0. The maximum absolute atomic E-state index is 12.9. The molecule has 0 aliphatic carbocycles. The van der Waals surface area contributed by atoms with Crippen LogP contribution in [0, 0.1) is 11.6 Å². The molecule has 3 aromatic rings. The molecule has 2 aromatic carbocycles. The minimum atomic E-state index is -0.400. The van der Waals surface area contributed by atoms with E-state index in [1.165, 1.54) is 42.6 Å². The molecule has 1 aromatic heterocycles. The summed E-state index contributed by atoms with van der Waals surface area (Å²) in [6.07, 6.45) is 1.31. The third-order valence-corrected chi connectivity index (χ3v) is 3.99. The van der Waals surface area contributed by atoms with Crippen LogP contribution in [-0.2, 0) is 13.1 Å². The monoisotopic (exact) mass is 381 g/mol. The highest BCUT2D eigenvalue weighted by Crippen LogP contribution is 2.06. The number of aromatic nitrogens is 1. The van der Waals surface area contributed by atoms with Crippen molar-refractivity contribution in [1.82, 2.24) is 15.6 Å². The summed E-state index contributed by atoms with van der Waals surface area (Å²) in [5, 5.41) is 5.38. The molecule has 142 valence electrons.